The number of Topliss-reactive ketones (excluding diaryl/α,β-unsaturated/α-hetero) is 1. The fraction of sp³-hybridized carbons (Fsp3) is 0.364. The van der Waals surface area contributed by atoms with Crippen molar-refractivity contribution in [3.05, 3.63) is 52.0 Å². The lowest BCUT2D eigenvalue weighted by Gasteiger charge is -2.16. The van der Waals surface area contributed by atoms with E-state index in [1.54, 1.807) is 12.1 Å². The summed E-state index contributed by atoms with van der Waals surface area (Å²) in [6.45, 7) is 0. The first-order valence-electron chi connectivity index (χ1n) is 9.38. The number of ether oxygens (including phenoxy) is 2. The van der Waals surface area contributed by atoms with Gasteiger partial charge in [-0.3, -0.25) is 9.59 Å². The molecule has 2 aromatic rings. The average Bonchev–Trinajstić information content (AvgIpc) is 2.72. The lowest BCUT2D eigenvalue weighted by molar-refractivity contribution is -0.116. The van der Waals surface area contributed by atoms with E-state index in [9.17, 15) is 9.59 Å². The molecule has 1 aliphatic rings. The Balaban J connectivity index is 1.62. The summed E-state index contributed by atoms with van der Waals surface area (Å²) >= 11 is 6.08. The molecule has 1 amide bonds. The smallest absolute Gasteiger partial charge is 0.224 e. The van der Waals surface area contributed by atoms with Crippen LogP contribution in [-0.4, -0.2) is 25.9 Å². The number of nitrogens with one attached hydrogen (secondary N) is 1. The lowest BCUT2D eigenvalue weighted by Crippen LogP contribution is -2.14. The third-order valence-electron chi connectivity index (χ3n) is 5.00. The maximum absolute atomic E-state index is 12.5. The molecular formula is C22H24ClNO4. The third-order valence-corrected chi connectivity index (χ3v) is 5.29. The molecule has 1 aliphatic carbocycles. The number of aryl methyl sites for hydroxylation is 2. The van der Waals surface area contributed by atoms with Gasteiger partial charge in [0.1, 0.15) is 11.5 Å². The Labute approximate surface area is 170 Å². The minimum absolute atomic E-state index is 0.0239. The van der Waals surface area contributed by atoms with E-state index in [-0.39, 0.29) is 24.5 Å². The fourth-order valence-corrected chi connectivity index (χ4v) is 3.68. The highest BCUT2D eigenvalue weighted by molar-refractivity contribution is 6.32. The van der Waals surface area contributed by atoms with Crippen molar-refractivity contribution in [2.24, 2.45) is 0 Å². The highest BCUT2D eigenvalue weighted by Crippen LogP contribution is 2.36. The number of anilines is 1. The van der Waals surface area contributed by atoms with Crippen molar-refractivity contribution < 1.29 is 19.1 Å². The van der Waals surface area contributed by atoms with Gasteiger partial charge in [-0.15, -0.1) is 0 Å². The molecule has 2 aromatic carbocycles. The number of halogens is 1. The molecule has 0 saturated carbocycles. The lowest BCUT2D eigenvalue weighted by atomic mass is 9.89. The van der Waals surface area contributed by atoms with E-state index in [0.29, 0.717) is 27.8 Å². The van der Waals surface area contributed by atoms with Gasteiger partial charge in [-0.05, 0) is 42.9 Å². The number of ketones is 1. The Bertz CT molecular complexity index is 894. The van der Waals surface area contributed by atoms with Crippen LogP contribution in [0.5, 0.6) is 11.5 Å². The van der Waals surface area contributed by atoms with Crippen LogP contribution >= 0.6 is 11.6 Å². The van der Waals surface area contributed by atoms with Crippen molar-refractivity contribution in [3.63, 3.8) is 0 Å². The van der Waals surface area contributed by atoms with E-state index in [4.69, 9.17) is 21.1 Å². The number of carbonyl (C=O) groups excluding carboxylic acids is 2. The minimum atomic E-state index is -0.269. The molecule has 0 radical (unpaired) electrons. The number of rotatable bonds is 7. The largest absolute Gasteiger partial charge is 0.495 e. The monoisotopic (exact) mass is 401 g/mol. The van der Waals surface area contributed by atoms with Crippen LogP contribution in [0.4, 0.5) is 5.69 Å². The zero-order valence-corrected chi connectivity index (χ0v) is 16.9. The number of hydrogen-bond acceptors (Lipinski definition) is 4. The van der Waals surface area contributed by atoms with E-state index in [0.717, 1.165) is 12.8 Å². The van der Waals surface area contributed by atoms with Crippen molar-refractivity contribution in [2.75, 3.05) is 19.5 Å². The third kappa shape index (κ3) is 4.65. The molecule has 0 unspecified atom stereocenters. The highest BCUT2D eigenvalue weighted by atomic mass is 35.5. The molecule has 6 heteroatoms. The number of fused-ring (bicyclic) bond motifs is 1. The molecule has 148 valence electrons. The molecule has 0 spiro atoms. The van der Waals surface area contributed by atoms with Crippen LogP contribution in [0.15, 0.2) is 30.3 Å². The van der Waals surface area contributed by atoms with E-state index in [1.165, 1.54) is 38.2 Å². The van der Waals surface area contributed by atoms with Crippen LogP contribution in [0.2, 0.25) is 5.02 Å². The predicted molar refractivity (Wildman–Crippen MR) is 110 cm³/mol. The Hall–Kier alpha value is -2.53. The first-order chi connectivity index (χ1) is 13.5. The van der Waals surface area contributed by atoms with Crippen molar-refractivity contribution in [3.8, 4) is 11.5 Å². The number of amides is 1. The predicted octanol–water partition coefficient (Wildman–Crippen LogP) is 4.84. The number of methoxy groups -OCH3 is 2. The summed E-state index contributed by atoms with van der Waals surface area (Å²) in [5.41, 5.74) is 3.73. The quantitative estimate of drug-likeness (QED) is 0.674. The van der Waals surface area contributed by atoms with Gasteiger partial charge in [-0.1, -0.05) is 23.7 Å². The standard InChI is InChI=1S/C22H24ClNO4/c1-27-20-13-18(21(28-2)12-17(20)23)24-22(26)10-9-19(25)16-8-7-14-5-3-4-6-15(14)11-16/h7-8,11-13H,3-6,9-10H2,1-2H3,(H,24,26). The van der Waals surface area contributed by atoms with Crippen molar-refractivity contribution >= 4 is 29.0 Å². The number of hydrogen-bond donors (Lipinski definition) is 1. The average molecular weight is 402 g/mol. The summed E-state index contributed by atoms with van der Waals surface area (Å²) in [6, 6.07) is 9.09. The van der Waals surface area contributed by atoms with Crippen LogP contribution in [0.25, 0.3) is 0 Å². The molecule has 0 aliphatic heterocycles. The second-order valence-electron chi connectivity index (χ2n) is 6.85. The van der Waals surface area contributed by atoms with Crippen LogP contribution in [0.1, 0.15) is 47.2 Å². The first kappa shape index (κ1) is 20.2. The van der Waals surface area contributed by atoms with E-state index >= 15 is 0 Å². The van der Waals surface area contributed by atoms with Gasteiger partial charge in [0.2, 0.25) is 5.91 Å². The fourth-order valence-electron chi connectivity index (χ4n) is 3.45. The Morgan fingerprint density at radius 3 is 2.39 bits per heavy atom. The van der Waals surface area contributed by atoms with E-state index in [2.05, 4.69) is 5.32 Å². The summed E-state index contributed by atoms with van der Waals surface area (Å²) in [5, 5.41) is 3.15. The minimum Gasteiger partial charge on any atom is -0.495 e. The van der Waals surface area contributed by atoms with Gasteiger partial charge in [0, 0.05) is 30.5 Å². The van der Waals surface area contributed by atoms with Gasteiger partial charge >= 0.3 is 0 Å². The summed E-state index contributed by atoms with van der Waals surface area (Å²) < 4.78 is 10.4. The molecule has 0 heterocycles. The Kier molecular flexibility index (Phi) is 6.57. The van der Waals surface area contributed by atoms with Crippen molar-refractivity contribution in [1.29, 1.82) is 0 Å². The van der Waals surface area contributed by atoms with Crippen LogP contribution in [-0.2, 0) is 17.6 Å². The van der Waals surface area contributed by atoms with Gasteiger partial charge in [0.25, 0.3) is 0 Å². The zero-order chi connectivity index (χ0) is 20.1. The Morgan fingerprint density at radius 2 is 1.68 bits per heavy atom. The van der Waals surface area contributed by atoms with Crippen molar-refractivity contribution in [1.82, 2.24) is 0 Å². The molecule has 0 bridgehead atoms. The number of carbonyl (C=O) groups is 2. The topological polar surface area (TPSA) is 64.6 Å². The van der Waals surface area contributed by atoms with E-state index < -0.39 is 0 Å². The molecule has 1 N–H and O–H groups in total. The normalized spacial score (nSPS) is 12.8. The molecule has 3 rings (SSSR count). The second-order valence-corrected chi connectivity index (χ2v) is 7.26. The van der Waals surface area contributed by atoms with Gasteiger partial charge < -0.3 is 14.8 Å². The SMILES string of the molecule is COc1cc(NC(=O)CCC(=O)c2ccc3c(c2)CCCC3)c(OC)cc1Cl. The summed E-state index contributed by atoms with van der Waals surface area (Å²) in [4.78, 5) is 24.9. The second kappa shape index (κ2) is 9.11. The summed E-state index contributed by atoms with van der Waals surface area (Å²) in [7, 11) is 2.99. The van der Waals surface area contributed by atoms with Crippen LogP contribution in [0, 0.1) is 0 Å². The van der Waals surface area contributed by atoms with Gasteiger partial charge in [0.05, 0.1) is 24.9 Å². The summed E-state index contributed by atoms with van der Waals surface area (Å²) in [6.07, 6.45) is 4.72. The van der Waals surface area contributed by atoms with E-state index in [1.807, 2.05) is 18.2 Å². The molecule has 28 heavy (non-hydrogen) atoms. The van der Waals surface area contributed by atoms with Gasteiger partial charge in [0.15, 0.2) is 5.78 Å². The van der Waals surface area contributed by atoms with Gasteiger partial charge in [-0.25, -0.2) is 0 Å². The molecule has 0 atom stereocenters. The molecular weight excluding hydrogens is 378 g/mol. The number of benzene rings is 2. The molecule has 5 nitrogen and oxygen atoms in total. The highest BCUT2D eigenvalue weighted by Gasteiger charge is 2.16. The maximum atomic E-state index is 12.5. The van der Waals surface area contributed by atoms with Crippen molar-refractivity contribution in [2.45, 2.75) is 38.5 Å². The zero-order valence-electron chi connectivity index (χ0n) is 16.1. The van der Waals surface area contributed by atoms with Crippen LogP contribution in [0.3, 0.4) is 0 Å². The molecule has 0 aromatic heterocycles. The summed E-state index contributed by atoms with van der Waals surface area (Å²) in [5.74, 6) is 0.571. The maximum Gasteiger partial charge on any atom is 0.224 e. The van der Waals surface area contributed by atoms with Gasteiger partial charge in [-0.2, -0.15) is 0 Å². The molecule has 0 fully saturated rings. The first-order valence-corrected chi connectivity index (χ1v) is 9.76. The Morgan fingerprint density at radius 1 is 0.964 bits per heavy atom. The van der Waals surface area contributed by atoms with Crippen LogP contribution < -0.4 is 14.8 Å². The molecule has 0 saturated heterocycles.